The molecule has 24 heavy (non-hydrogen) atoms. The maximum atomic E-state index is 12.8. The molecule has 1 unspecified atom stereocenters. The van der Waals surface area contributed by atoms with Gasteiger partial charge in [0.2, 0.25) is 0 Å². The van der Waals surface area contributed by atoms with Crippen molar-refractivity contribution >= 4 is 5.82 Å². The number of nitrogens with zero attached hydrogens (tertiary/aromatic N) is 2. The second-order valence-electron chi connectivity index (χ2n) is 6.08. The summed E-state index contributed by atoms with van der Waals surface area (Å²) in [6, 6.07) is 2.84. The lowest BCUT2D eigenvalue weighted by molar-refractivity contribution is -0.137. The normalized spacial score (nSPS) is 22.5. The number of fused-ring (bicyclic) bond motifs is 4. The molecule has 1 aromatic heterocycles. The molecule has 2 bridgehead atoms. The number of phenolic OH excluding ortho intramolecular Hbond substituents is 1. The average molecular weight is 337 g/mol. The molecule has 1 saturated heterocycles. The van der Waals surface area contributed by atoms with Crippen LogP contribution in [0.15, 0.2) is 18.2 Å². The standard InChI is InChI=1S/C16H14F3N3O2/c17-16(18,19)7-1-3-9(11(23)5-7)14-10-6-8-2-4-12(24-8)13(10)15(20)22-21-14/h1,3,5,8,12,23H,2,4,6H2,(H2,20,22)/t8?,12-/m1/s1. The summed E-state index contributed by atoms with van der Waals surface area (Å²) in [6.07, 6.45) is -2.37. The summed E-state index contributed by atoms with van der Waals surface area (Å²) in [5.41, 5.74) is 7.14. The third-order valence-electron chi connectivity index (χ3n) is 4.59. The van der Waals surface area contributed by atoms with E-state index in [0.29, 0.717) is 18.2 Å². The van der Waals surface area contributed by atoms with Crippen molar-refractivity contribution in [1.82, 2.24) is 10.2 Å². The van der Waals surface area contributed by atoms with Crippen molar-refractivity contribution < 1.29 is 23.0 Å². The number of hydrogen-bond acceptors (Lipinski definition) is 5. The molecule has 5 nitrogen and oxygen atoms in total. The van der Waals surface area contributed by atoms with Gasteiger partial charge in [0.1, 0.15) is 11.4 Å². The van der Waals surface area contributed by atoms with Gasteiger partial charge in [-0.3, -0.25) is 0 Å². The fourth-order valence-corrected chi connectivity index (χ4v) is 3.49. The summed E-state index contributed by atoms with van der Waals surface area (Å²) in [4.78, 5) is 0. The molecule has 0 spiro atoms. The summed E-state index contributed by atoms with van der Waals surface area (Å²) in [5.74, 6) is -0.213. The number of ether oxygens (including phenoxy) is 1. The molecule has 3 heterocycles. The zero-order valence-electron chi connectivity index (χ0n) is 12.5. The van der Waals surface area contributed by atoms with Crippen LogP contribution in [0.5, 0.6) is 5.75 Å². The summed E-state index contributed by atoms with van der Waals surface area (Å²) in [7, 11) is 0. The number of rotatable bonds is 1. The highest BCUT2D eigenvalue weighted by Gasteiger charge is 2.38. The molecule has 2 atom stereocenters. The van der Waals surface area contributed by atoms with Crippen molar-refractivity contribution in [3.05, 3.63) is 34.9 Å². The lowest BCUT2D eigenvalue weighted by Gasteiger charge is -2.26. The molecule has 1 fully saturated rings. The van der Waals surface area contributed by atoms with Gasteiger partial charge in [-0.25, -0.2) is 0 Å². The van der Waals surface area contributed by atoms with Gasteiger partial charge in [0.25, 0.3) is 0 Å². The Balaban J connectivity index is 1.86. The number of phenols is 1. The third-order valence-corrected chi connectivity index (χ3v) is 4.59. The van der Waals surface area contributed by atoms with E-state index < -0.39 is 17.5 Å². The Bertz CT molecular complexity index is 823. The SMILES string of the molecule is Nc1nnc(-c2ccc(C(F)(F)F)cc2O)c2c1[C@H]1CCC(C2)O1. The molecule has 0 amide bonds. The van der Waals surface area contributed by atoms with Gasteiger partial charge in [-0.2, -0.15) is 13.2 Å². The van der Waals surface area contributed by atoms with Crippen LogP contribution in [-0.2, 0) is 17.3 Å². The summed E-state index contributed by atoms with van der Waals surface area (Å²) in [5, 5.41) is 18.0. The molecule has 2 aromatic rings. The Labute approximate surface area is 135 Å². The molecule has 4 rings (SSSR count). The number of nitrogen functional groups attached to an aromatic ring is 1. The number of benzene rings is 1. The first kappa shape index (κ1) is 15.2. The van der Waals surface area contributed by atoms with E-state index in [1.165, 1.54) is 6.07 Å². The van der Waals surface area contributed by atoms with Crippen LogP contribution in [0.3, 0.4) is 0 Å². The molecule has 126 valence electrons. The second kappa shape index (κ2) is 5.07. The number of nitrogens with two attached hydrogens (primary N) is 1. The van der Waals surface area contributed by atoms with E-state index in [-0.39, 0.29) is 23.6 Å². The van der Waals surface area contributed by atoms with Crippen LogP contribution in [0.2, 0.25) is 0 Å². The van der Waals surface area contributed by atoms with E-state index in [4.69, 9.17) is 10.5 Å². The highest BCUT2D eigenvalue weighted by molar-refractivity contribution is 5.73. The maximum Gasteiger partial charge on any atom is 0.416 e. The zero-order chi connectivity index (χ0) is 17.1. The molecule has 1 aromatic carbocycles. The van der Waals surface area contributed by atoms with Crippen LogP contribution < -0.4 is 5.73 Å². The molecule has 3 N–H and O–H groups in total. The Morgan fingerprint density at radius 1 is 1.21 bits per heavy atom. The molecule has 2 aliphatic heterocycles. The number of anilines is 1. The molecule has 0 aliphatic carbocycles. The van der Waals surface area contributed by atoms with Gasteiger partial charge in [-0.15, -0.1) is 10.2 Å². The van der Waals surface area contributed by atoms with Crippen molar-refractivity contribution in [2.45, 2.75) is 37.6 Å². The number of aromatic nitrogens is 2. The predicted octanol–water partition coefficient (Wildman–Crippen LogP) is 3.23. The maximum absolute atomic E-state index is 12.8. The molecule has 2 aliphatic rings. The first-order valence-corrected chi connectivity index (χ1v) is 7.55. The summed E-state index contributed by atoms with van der Waals surface area (Å²) in [6.45, 7) is 0. The zero-order valence-corrected chi connectivity index (χ0v) is 12.5. The minimum absolute atomic E-state index is 0.0430. The van der Waals surface area contributed by atoms with Gasteiger partial charge < -0.3 is 15.6 Å². The van der Waals surface area contributed by atoms with Gasteiger partial charge in [-0.05, 0) is 36.6 Å². The summed E-state index contributed by atoms with van der Waals surface area (Å²) >= 11 is 0. The van der Waals surface area contributed by atoms with Gasteiger partial charge >= 0.3 is 6.18 Å². The van der Waals surface area contributed by atoms with Crippen LogP contribution in [0.1, 0.15) is 35.6 Å². The summed E-state index contributed by atoms with van der Waals surface area (Å²) < 4.78 is 44.1. The largest absolute Gasteiger partial charge is 0.507 e. The van der Waals surface area contributed by atoms with E-state index in [2.05, 4.69) is 10.2 Å². The highest BCUT2D eigenvalue weighted by Crippen LogP contribution is 2.46. The first-order valence-electron chi connectivity index (χ1n) is 7.55. The van der Waals surface area contributed by atoms with Crippen molar-refractivity contribution in [3.8, 4) is 17.0 Å². The van der Waals surface area contributed by atoms with Gasteiger partial charge in [0.15, 0.2) is 5.82 Å². The molecule has 8 heteroatoms. The number of aromatic hydroxyl groups is 1. The Kier molecular flexibility index (Phi) is 3.21. The minimum atomic E-state index is -4.52. The van der Waals surface area contributed by atoms with Crippen molar-refractivity contribution in [1.29, 1.82) is 0 Å². The number of hydrogen-bond donors (Lipinski definition) is 2. The van der Waals surface area contributed by atoms with E-state index in [1.807, 2.05) is 0 Å². The average Bonchev–Trinajstić information content (AvgIpc) is 2.88. The monoisotopic (exact) mass is 337 g/mol. The molecular weight excluding hydrogens is 323 g/mol. The van der Waals surface area contributed by atoms with E-state index in [1.54, 1.807) is 0 Å². The Morgan fingerprint density at radius 3 is 2.71 bits per heavy atom. The van der Waals surface area contributed by atoms with Crippen LogP contribution in [0.25, 0.3) is 11.3 Å². The van der Waals surface area contributed by atoms with Crippen LogP contribution >= 0.6 is 0 Å². The van der Waals surface area contributed by atoms with Crippen molar-refractivity contribution in [2.24, 2.45) is 0 Å². The molecular formula is C16H14F3N3O2. The Hall–Kier alpha value is -2.35. The number of alkyl halides is 3. The first-order chi connectivity index (χ1) is 11.3. The van der Waals surface area contributed by atoms with Gasteiger partial charge in [0, 0.05) is 17.5 Å². The predicted molar refractivity (Wildman–Crippen MR) is 79.1 cm³/mol. The topological polar surface area (TPSA) is 81.3 Å². The van der Waals surface area contributed by atoms with Crippen LogP contribution in [0, 0.1) is 0 Å². The van der Waals surface area contributed by atoms with E-state index in [9.17, 15) is 18.3 Å². The lowest BCUT2D eigenvalue weighted by Crippen LogP contribution is -2.21. The lowest BCUT2D eigenvalue weighted by atomic mass is 9.93. The second-order valence-corrected chi connectivity index (χ2v) is 6.08. The minimum Gasteiger partial charge on any atom is -0.507 e. The molecule has 0 radical (unpaired) electrons. The highest BCUT2D eigenvalue weighted by atomic mass is 19.4. The fraction of sp³-hybridized carbons (Fsp3) is 0.375. The number of halogens is 3. The smallest absolute Gasteiger partial charge is 0.416 e. The van der Waals surface area contributed by atoms with Gasteiger partial charge in [-0.1, -0.05) is 0 Å². The van der Waals surface area contributed by atoms with Crippen LogP contribution in [-0.4, -0.2) is 21.4 Å². The van der Waals surface area contributed by atoms with Gasteiger partial charge in [0.05, 0.1) is 17.8 Å². The molecule has 0 saturated carbocycles. The van der Waals surface area contributed by atoms with Crippen molar-refractivity contribution in [2.75, 3.05) is 5.73 Å². The Morgan fingerprint density at radius 2 is 2.00 bits per heavy atom. The quantitative estimate of drug-likeness (QED) is 0.835. The third kappa shape index (κ3) is 2.29. The van der Waals surface area contributed by atoms with E-state index in [0.717, 1.165) is 30.0 Å². The fourth-order valence-electron chi connectivity index (χ4n) is 3.49. The van der Waals surface area contributed by atoms with Crippen LogP contribution in [0.4, 0.5) is 19.0 Å². The van der Waals surface area contributed by atoms with E-state index >= 15 is 0 Å². The van der Waals surface area contributed by atoms with Crippen molar-refractivity contribution in [3.63, 3.8) is 0 Å².